The molecule has 128 valence electrons. The Morgan fingerprint density at radius 2 is 1.88 bits per heavy atom. The lowest BCUT2D eigenvalue weighted by molar-refractivity contribution is 0.551. The maximum absolute atomic E-state index is 13.9. The zero-order valence-electron chi connectivity index (χ0n) is 15.1. The van der Waals surface area contributed by atoms with Crippen molar-refractivity contribution in [3.8, 4) is 0 Å². The fourth-order valence-electron chi connectivity index (χ4n) is 2.70. The van der Waals surface area contributed by atoms with Crippen molar-refractivity contribution < 1.29 is 8.81 Å². The molecule has 2 rings (SSSR count). The Bertz CT molecular complexity index is 866. The fourth-order valence-corrected chi connectivity index (χ4v) is 2.70. The minimum atomic E-state index is -0.375. The molecule has 0 radical (unpaired) electrons. The molecule has 0 aliphatic carbocycles. The topological polar surface area (TPSA) is 30.2 Å². The molecule has 3 heteroatoms. The second kappa shape index (κ2) is 7.61. The molecule has 0 atom stereocenters. The van der Waals surface area contributed by atoms with Gasteiger partial charge in [0.15, 0.2) is 5.43 Å². The first kappa shape index (κ1) is 18.2. The van der Waals surface area contributed by atoms with Gasteiger partial charge in [-0.3, -0.25) is 4.79 Å². The summed E-state index contributed by atoms with van der Waals surface area (Å²) in [5, 5.41) is 0.493. The average molecular weight is 328 g/mol. The molecule has 0 amide bonds. The van der Waals surface area contributed by atoms with Crippen LogP contribution in [0.25, 0.3) is 11.0 Å². The van der Waals surface area contributed by atoms with Crippen LogP contribution in [0.3, 0.4) is 0 Å². The molecule has 0 saturated heterocycles. The summed E-state index contributed by atoms with van der Waals surface area (Å²) in [6, 6.07) is 2.73. The summed E-state index contributed by atoms with van der Waals surface area (Å²) in [5.74, 6) is 0.164. The van der Waals surface area contributed by atoms with Crippen molar-refractivity contribution in [2.45, 2.75) is 53.9 Å². The molecule has 0 fully saturated rings. The van der Waals surface area contributed by atoms with Gasteiger partial charge < -0.3 is 4.42 Å². The van der Waals surface area contributed by atoms with Crippen LogP contribution in [-0.2, 0) is 6.42 Å². The Kier molecular flexibility index (Phi) is 5.76. The van der Waals surface area contributed by atoms with Gasteiger partial charge in [-0.1, -0.05) is 23.3 Å². The zero-order chi connectivity index (χ0) is 17.9. The molecular formula is C21H25FO2. The number of fused-ring (bicyclic) bond motifs is 1. The molecule has 0 bridgehead atoms. The lowest BCUT2D eigenvalue weighted by Crippen LogP contribution is -2.10. The SMILES string of the molecule is CC(C)=CCC/C(C)=C\Cc1cc(F)cc2oc(C)c(C)c(=O)c12. The molecule has 0 aliphatic rings. The molecule has 0 aliphatic heterocycles. The van der Waals surface area contributed by atoms with Crippen LogP contribution in [0.5, 0.6) is 0 Å². The minimum Gasteiger partial charge on any atom is -0.461 e. The molecule has 1 aromatic carbocycles. The van der Waals surface area contributed by atoms with Gasteiger partial charge in [-0.2, -0.15) is 0 Å². The first-order valence-corrected chi connectivity index (χ1v) is 8.31. The van der Waals surface area contributed by atoms with Crippen molar-refractivity contribution in [1.29, 1.82) is 0 Å². The molecule has 24 heavy (non-hydrogen) atoms. The Labute approximate surface area is 142 Å². The van der Waals surface area contributed by atoms with Crippen molar-refractivity contribution in [2.24, 2.45) is 0 Å². The average Bonchev–Trinajstić information content (AvgIpc) is 2.49. The molecule has 0 saturated carbocycles. The van der Waals surface area contributed by atoms with E-state index in [-0.39, 0.29) is 11.2 Å². The summed E-state index contributed by atoms with van der Waals surface area (Å²) < 4.78 is 19.5. The quantitative estimate of drug-likeness (QED) is 0.651. The molecule has 0 spiro atoms. The Hall–Kier alpha value is -2.16. The smallest absolute Gasteiger partial charge is 0.196 e. The van der Waals surface area contributed by atoms with Gasteiger partial charge in [-0.25, -0.2) is 4.39 Å². The van der Waals surface area contributed by atoms with Gasteiger partial charge >= 0.3 is 0 Å². The van der Waals surface area contributed by atoms with Crippen LogP contribution in [0, 0.1) is 19.7 Å². The second-order valence-electron chi connectivity index (χ2n) is 6.63. The third kappa shape index (κ3) is 4.22. The maximum Gasteiger partial charge on any atom is 0.196 e. The molecule has 1 heterocycles. The molecule has 0 unspecified atom stereocenters. The number of allylic oxidation sites excluding steroid dienone is 4. The van der Waals surface area contributed by atoms with E-state index in [9.17, 15) is 9.18 Å². The lowest BCUT2D eigenvalue weighted by atomic mass is 10.0. The van der Waals surface area contributed by atoms with E-state index in [4.69, 9.17) is 4.42 Å². The number of hydrogen-bond donors (Lipinski definition) is 0. The highest BCUT2D eigenvalue weighted by Gasteiger charge is 2.13. The van der Waals surface area contributed by atoms with E-state index in [0.717, 1.165) is 12.8 Å². The zero-order valence-corrected chi connectivity index (χ0v) is 15.1. The van der Waals surface area contributed by atoms with Crippen LogP contribution < -0.4 is 5.43 Å². The van der Waals surface area contributed by atoms with E-state index in [0.29, 0.717) is 34.3 Å². The Balaban J connectivity index is 2.37. The first-order valence-electron chi connectivity index (χ1n) is 8.31. The third-order valence-electron chi connectivity index (χ3n) is 4.27. The molecule has 1 aromatic heterocycles. The number of aryl methyl sites for hydroxylation is 1. The summed E-state index contributed by atoms with van der Waals surface area (Å²) in [4.78, 5) is 12.6. The van der Waals surface area contributed by atoms with Gasteiger partial charge in [0.1, 0.15) is 17.2 Å². The number of rotatable bonds is 5. The minimum absolute atomic E-state index is 0.0701. The van der Waals surface area contributed by atoms with Crippen LogP contribution in [0.2, 0.25) is 0 Å². The summed E-state index contributed by atoms with van der Waals surface area (Å²) in [6.45, 7) is 9.71. The van der Waals surface area contributed by atoms with Gasteiger partial charge in [0.05, 0.1) is 5.39 Å². The second-order valence-corrected chi connectivity index (χ2v) is 6.63. The number of halogens is 1. The highest BCUT2D eigenvalue weighted by atomic mass is 19.1. The van der Waals surface area contributed by atoms with E-state index in [2.05, 4.69) is 32.9 Å². The fraction of sp³-hybridized carbons (Fsp3) is 0.381. The summed E-state index contributed by atoms with van der Waals surface area (Å²) in [6.07, 6.45) is 6.76. The van der Waals surface area contributed by atoms with E-state index < -0.39 is 0 Å². The predicted octanol–water partition coefficient (Wildman–Crippen LogP) is 5.78. The van der Waals surface area contributed by atoms with Gasteiger partial charge in [0.25, 0.3) is 0 Å². The third-order valence-corrected chi connectivity index (χ3v) is 4.27. The van der Waals surface area contributed by atoms with Crippen molar-refractivity contribution >= 4 is 11.0 Å². The van der Waals surface area contributed by atoms with Crippen molar-refractivity contribution in [3.05, 3.63) is 68.4 Å². The normalized spacial score (nSPS) is 11.8. The Morgan fingerprint density at radius 3 is 2.54 bits per heavy atom. The van der Waals surface area contributed by atoms with Crippen LogP contribution in [0.15, 0.2) is 44.6 Å². The van der Waals surface area contributed by atoms with E-state index >= 15 is 0 Å². The van der Waals surface area contributed by atoms with Crippen LogP contribution in [0.1, 0.15) is 50.5 Å². The summed E-state index contributed by atoms with van der Waals surface area (Å²) >= 11 is 0. The van der Waals surface area contributed by atoms with Crippen LogP contribution >= 0.6 is 0 Å². The van der Waals surface area contributed by atoms with Crippen LogP contribution in [-0.4, -0.2) is 0 Å². The summed E-state index contributed by atoms with van der Waals surface area (Å²) in [7, 11) is 0. The molecular weight excluding hydrogens is 303 g/mol. The van der Waals surface area contributed by atoms with E-state index in [1.165, 1.54) is 23.3 Å². The molecule has 2 aromatic rings. The number of benzene rings is 1. The standard InChI is InChI=1S/C21H25FO2/c1-13(2)7-6-8-14(3)9-10-17-11-18(22)12-19-20(17)21(23)15(4)16(5)24-19/h7,9,11-12H,6,8,10H2,1-5H3/b14-9-. The first-order chi connectivity index (χ1) is 11.3. The summed E-state index contributed by atoms with van der Waals surface area (Å²) in [5.41, 5.74) is 4.07. The lowest BCUT2D eigenvalue weighted by Gasteiger charge is -2.08. The predicted molar refractivity (Wildman–Crippen MR) is 98.0 cm³/mol. The van der Waals surface area contributed by atoms with Crippen LogP contribution in [0.4, 0.5) is 4.39 Å². The Morgan fingerprint density at radius 1 is 1.17 bits per heavy atom. The molecule has 2 nitrogen and oxygen atoms in total. The monoisotopic (exact) mass is 328 g/mol. The highest BCUT2D eigenvalue weighted by Crippen LogP contribution is 2.22. The number of hydrogen-bond acceptors (Lipinski definition) is 2. The van der Waals surface area contributed by atoms with Gasteiger partial charge in [0.2, 0.25) is 0 Å². The highest BCUT2D eigenvalue weighted by molar-refractivity contribution is 5.81. The van der Waals surface area contributed by atoms with Crippen molar-refractivity contribution in [1.82, 2.24) is 0 Å². The van der Waals surface area contributed by atoms with Crippen molar-refractivity contribution in [3.63, 3.8) is 0 Å². The largest absolute Gasteiger partial charge is 0.461 e. The van der Waals surface area contributed by atoms with E-state index in [1.807, 2.05) is 0 Å². The van der Waals surface area contributed by atoms with E-state index in [1.54, 1.807) is 13.8 Å². The van der Waals surface area contributed by atoms with Gasteiger partial charge in [-0.15, -0.1) is 0 Å². The maximum atomic E-state index is 13.9. The van der Waals surface area contributed by atoms with Gasteiger partial charge in [0, 0.05) is 11.6 Å². The van der Waals surface area contributed by atoms with Crippen molar-refractivity contribution in [2.75, 3.05) is 0 Å². The van der Waals surface area contributed by atoms with Gasteiger partial charge in [-0.05, 0) is 65.5 Å². The molecule has 0 N–H and O–H groups in total.